The molecule has 0 atom stereocenters. The van der Waals surface area contributed by atoms with Crippen LogP contribution in [0.2, 0.25) is 0 Å². The molecule has 9 heteroatoms. The zero-order valence-corrected chi connectivity index (χ0v) is 23.6. The molecule has 0 aliphatic carbocycles. The summed E-state index contributed by atoms with van der Waals surface area (Å²) < 4.78 is 34.5. The normalized spacial score (nSPS) is 14.4. The minimum absolute atomic E-state index is 0.0565. The van der Waals surface area contributed by atoms with Gasteiger partial charge in [-0.1, -0.05) is 44.2 Å². The molecule has 1 saturated heterocycles. The number of ether oxygens (including phenoxy) is 1. The summed E-state index contributed by atoms with van der Waals surface area (Å²) in [7, 11) is -3.85. The molecule has 1 amide bonds. The van der Waals surface area contributed by atoms with Crippen molar-refractivity contribution in [3.8, 4) is 5.75 Å². The number of para-hydroxylation sites is 1. The number of anilines is 1. The zero-order valence-electron chi connectivity index (χ0n) is 22.8. The van der Waals surface area contributed by atoms with Crippen molar-refractivity contribution in [2.75, 3.05) is 37.5 Å². The summed E-state index contributed by atoms with van der Waals surface area (Å²) in [5.41, 5.74) is 2.54. The lowest BCUT2D eigenvalue weighted by molar-refractivity contribution is 0.0628. The standard InChI is InChI=1S/C31H34N4O4S/c1-23(2)22-39-28-14-8-24(9-15-28)21-34-17-19-35(20-18-34)31(36)26-10-12-27(13-11-26)33-40(37,38)29-7-3-5-25-6-4-16-32-30(25)29/h3-16,23,33H,17-22H2,1-2H3. The Morgan fingerprint density at radius 3 is 2.33 bits per heavy atom. The van der Waals surface area contributed by atoms with Crippen molar-refractivity contribution in [2.24, 2.45) is 5.92 Å². The number of piperazine rings is 1. The van der Waals surface area contributed by atoms with Gasteiger partial charge in [-0.15, -0.1) is 0 Å². The molecule has 4 aromatic rings. The third-order valence-corrected chi connectivity index (χ3v) is 8.25. The van der Waals surface area contributed by atoms with E-state index in [4.69, 9.17) is 4.74 Å². The Bertz CT molecular complexity index is 1560. The summed E-state index contributed by atoms with van der Waals surface area (Å²) >= 11 is 0. The van der Waals surface area contributed by atoms with E-state index in [-0.39, 0.29) is 10.8 Å². The molecule has 0 spiro atoms. The van der Waals surface area contributed by atoms with Crippen LogP contribution in [0.25, 0.3) is 10.9 Å². The van der Waals surface area contributed by atoms with Gasteiger partial charge in [-0.25, -0.2) is 8.42 Å². The summed E-state index contributed by atoms with van der Waals surface area (Å²) in [6.45, 7) is 8.63. The van der Waals surface area contributed by atoms with Gasteiger partial charge in [0.15, 0.2) is 0 Å². The second kappa shape index (κ2) is 12.1. The first-order valence-electron chi connectivity index (χ1n) is 13.5. The summed E-state index contributed by atoms with van der Waals surface area (Å²) in [6.07, 6.45) is 1.57. The maximum absolute atomic E-state index is 13.1. The maximum atomic E-state index is 13.1. The fraction of sp³-hybridized carbons (Fsp3) is 0.290. The number of rotatable bonds is 9. The number of sulfonamides is 1. The van der Waals surface area contributed by atoms with Crippen LogP contribution in [-0.4, -0.2) is 61.9 Å². The van der Waals surface area contributed by atoms with E-state index >= 15 is 0 Å². The third-order valence-electron chi connectivity index (χ3n) is 6.84. The molecule has 0 bridgehead atoms. The first kappa shape index (κ1) is 27.6. The van der Waals surface area contributed by atoms with Crippen LogP contribution >= 0.6 is 0 Å². The van der Waals surface area contributed by atoms with Crippen molar-refractivity contribution >= 4 is 32.5 Å². The van der Waals surface area contributed by atoms with Gasteiger partial charge in [0.1, 0.15) is 10.6 Å². The number of benzene rings is 3. The lowest BCUT2D eigenvalue weighted by Crippen LogP contribution is -2.48. The average Bonchev–Trinajstić information content (AvgIpc) is 2.97. The van der Waals surface area contributed by atoms with Gasteiger partial charge >= 0.3 is 0 Å². The van der Waals surface area contributed by atoms with Gasteiger partial charge in [-0.3, -0.25) is 19.4 Å². The minimum atomic E-state index is -3.85. The molecule has 1 aromatic heterocycles. The first-order chi connectivity index (χ1) is 19.3. The minimum Gasteiger partial charge on any atom is -0.493 e. The Hall–Kier alpha value is -3.95. The maximum Gasteiger partial charge on any atom is 0.264 e. The SMILES string of the molecule is CC(C)COc1ccc(CN2CCN(C(=O)c3ccc(NS(=O)(=O)c4cccc5cccnc45)cc3)CC2)cc1. The summed E-state index contributed by atoms with van der Waals surface area (Å²) in [5.74, 6) is 1.32. The van der Waals surface area contributed by atoms with E-state index in [0.29, 0.717) is 42.4 Å². The molecule has 0 unspecified atom stereocenters. The Balaban J connectivity index is 1.15. The quantitative estimate of drug-likeness (QED) is 0.310. The smallest absolute Gasteiger partial charge is 0.264 e. The van der Waals surface area contributed by atoms with Crippen LogP contribution < -0.4 is 9.46 Å². The highest BCUT2D eigenvalue weighted by Gasteiger charge is 2.23. The van der Waals surface area contributed by atoms with Crippen molar-refractivity contribution in [1.82, 2.24) is 14.8 Å². The predicted molar refractivity (Wildman–Crippen MR) is 157 cm³/mol. The predicted octanol–water partition coefficient (Wildman–Crippen LogP) is 5.03. The van der Waals surface area contributed by atoms with Crippen LogP contribution in [-0.2, 0) is 16.6 Å². The van der Waals surface area contributed by atoms with Gasteiger partial charge in [-0.05, 0) is 60.0 Å². The lowest BCUT2D eigenvalue weighted by atomic mass is 10.1. The second-order valence-electron chi connectivity index (χ2n) is 10.4. The van der Waals surface area contributed by atoms with Gasteiger partial charge in [0.25, 0.3) is 15.9 Å². The van der Waals surface area contributed by atoms with E-state index in [0.717, 1.165) is 30.8 Å². The molecule has 208 valence electrons. The molecule has 3 aromatic carbocycles. The van der Waals surface area contributed by atoms with Crippen LogP contribution in [0.1, 0.15) is 29.8 Å². The zero-order chi connectivity index (χ0) is 28.1. The van der Waals surface area contributed by atoms with E-state index in [1.807, 2.05) is 29.2 Å². The number of nitrogens with zero attached hydrogens (tertiary/aromatic N) is 3. The fourth-order valence-electron chi connectivity index (χ4n) is 4.69. The van der Waals surface area contributed by atoms with Crippen LogP contribution in [0.15, 0.2) is 90.0 Å². The Kier molecular flexibility index (Phi) is 8.32. The summed E-state index contributed by atoms with van der Waals surface area (Å²) in [5, 5.41) is 0.746. The number of hydrogen-bond donors (Lipinski definition) is 1. The van der Waals surface area contributed by atoms with Gasteiger partial charge in [-0.2, -0.15) is 0 Å². The van der Waals surface area contributed by atoms with E-state index < -0.39 is 10.0 Å². The summed E-state index contributed by atoms with van der Waals surface area (Å²) in [6, 6.07) is 23.4. The number of carbonyl (C=O) groups is 1. The number of aromatic nitrogens is 1. The number of carbonyl (C=O) groups excluding carboxylic acids is 1. The van der Waals surface area contributed by atoms with Gasteiger partial charge in [0, 0.05) is 55.6 Å². The Morgan fingerprint density at radius 2 is 1.62 bits per heavy atom. The number of amides is 1. The highest BCUT2D eigenvalue weighted by atomic mass is 32.2. The number of nitrogens with one attached hydrogen (secondary N) is 1. The molecular formula is C31H34N4O4S. The van der Waals surface area contributed by atoms with Crippen molar-refractivity contribution in [3.63, 3.8) is 0 Å². The van der Waals surface area contributed by atoms with E-state index in [1.54, 1.807) is 42.6 Å². The van der Waals surface area contributed by atoms with Crippen molar-refractivity contribution < 1.29 is 17.9 Å². The molecule has 5 rings (SSSR count). The van der Waals surface area contributed by atoms with E-state index in [1.165, 1.54) is 11.6 Å². The molecule has 0 saturated carbocycles. The van der Waals surface area contributed by atoms with Gasteiger partial charge in [0.05, 0.1) is 12.1 Å². The monoisotopic (exact) mass is 558 g/mol. The van der Waals surface area contributed by atoms with Crippen molar-refractivity contribution in [3.05, 3.63) is 96.2 Å². The summed E-state index contributed by atoms with van der Waals surface area (Å²) in [4.78, 5) is 21.7. The van der Waals surface area contributed by atoms with Crippen molar-refractivity contribution in [1.29, 1.82) is 0 Å². The Morgan fingerprint density at radius 1 is 0.925 bits per heavy atom. The largest absolute Gasteiger partial charge is 0.493 e. The molecule has 1 N–H and O–H groups in total. The first-order valence-corrected chi connectivity index (χ1v) is 15.0. The molecule has 2 heterocycles. The van der Waals surface area contributed by atoms with E-state index in [9.17, 15) is 13.2 Å². The second-order valence-corrected chi connectivity index (χ2v) is 12.1. The van der Waals surface area contributed by atoms with Crippen LogP contribution in [0.3, 0.4) is 0 Å². The Labute approximate surface area is 235 Å². The highest BCUT2D eigenvalue weighted by molar-refractivity contribution is 7.93. The molecule has 8 nitrogen and oxygen atoms in total. The molecular weight excluding hydrogens is 524 g/mol. The topological polar surface area (TPSA) is 91.8 Å². The lowest BCUT2D eigenvalue weighted by Gasteiger charge is -2.34. The van der Waals surface area contributed by atoms with Crippen LogP contribution in [0, 0.1) is 5.92 Å². The fourth-order valence-corrected chi connectivity index (χ4v) is 5.93. The number of pyridine rings is 1. The molecule has 1 aliphatic rings. The van der Waals surface area contributed by atoms with Gasteiger partial charge < -0.3 is 9.64 Å². The highest BCUT2D eigenvalue weighted by Crippen LogP contribution is 2.24. The van der Waals surface area contributed by atoms with Crippen molar-refractivity contribution in [2.45, 2.75) is 25.3 Å². The number of fused-ring (bicyclic) bond motifs is 1. The molecule has 1 fully saturated rings. The third kappa shape index (κ3) is 6.60. The van der Waals surface area contributed by atoms with Crippen LogP contribution in [0.5, 0.6) is 5.75 Å². The number of hydrogen-bond acceptors (Lipinski definition) is 6. The van der Waals surface area contributed by atoms with Crippen LogP contribution in [0.4, 0.5) is 5.69 Å². The van der Waals surface area contributed by atoms with Gasteiger partial charge in [0.2, 0.25) is 0 Å². The molecule has 0 radical (unpaired) electrons. The van der Waals surface area contributed by atoms with E-state index in [2.05, 4.69) is 40.6 Å². The molecule has 1 aliphatic heterocycles. The molecule has 40 heavy (non-hydrogen) atoms. The average molecular weight is 559 g/mol.